The van der Waals surface area contributed by atoms with E-state index in [-0.39, 0.29) is 11.5 Å². The summed E-state index contributed by atoms with van der Waals surface area (Å²) in [6, 6.07) is 15.4. The monoisotopic (exact) mass is 302 g/mol. The van der Waals surface area contributed by atoms with Crippen LogP contribution in [0.4, 0.5) is 5.69 Å². The topological polar surface area (TPSA) is 121 Å². The Hall–Kier alpha value is -3.84. The summed E-state index contributed by atoms with van der Waals surface area (Å²) in [6.07, 6.45) is 0. The van der Waals surface area contributed by atoms with Gasteiger partial charge in [0.05, 0.1) is 16.7 Å². The number of nitrogens with zero attached hydrogens (tertiary/aromatic N) is 4. The van der Waals surface area contributed by atoms with E-state index in [4.69, 9.17) is 10.5 Å². The number of anilines is 1. The molecule has 0 atom stereocenters. The Morgan fingerprint density at radius 3 is 2.74 bits per heavy atom. The molecule has 0 radical (unpaired) electrons. The molecule has 0 aliphatic heterocycles. The highest BCUT2D eigenvalue weighted by atomic mass is 16.3. The molecule has 23 heavy (non-hydrogen) atoms. The van der Waals surface area contributed by atoms with Crippen LogP contribution in [0.25, 0.3) is 22.4 Å². The Bertz CT molecular complexity index is 974. The van der Waals surface area contributed by atoms with E-state index in [1.54, 1.807) is 48.5 Å². The van der Waals surface area contributed by atoms with Crippen LogP contribution in [0, 0.1) is 22.7 Å². The van der Waals surface area contributed by atoms with Crippen LogP contribution in [-0.2, 0) is 0 Å². The Balaban J connectivity index is 1.94. The lowest BCUT2D eigenvalue weighted by atomic mass is 10.2. The van der Waals surface area contributed by atoms with E-state index < -0.39 is 0 Å². The van der Waals surface area contributed by atoms with Crippen molar-refractivity contribution in [1.29, 1.82) is 10.5 Å². The number of benzene rings is 2. The molecule has 3 aromatic rings. The molecular weight excluding hydrogens is 292 g/mol. The fraction of sp³-hybridized carbons (Fsp3) is 0. The van der Waals surface area contributed by atoms with Crippen molar-refractivity contribution in [3.05, 3.63) is 42.5 Å². The highest BCUT2D eigenvalue weighted by Gasteiger charge is 2.06. The Kier molecular flexibility index (Phi) is 3.61. The summed E-state index contributed by atoms with van der Waals surface area (Å²) in [6.45, 7) is 0. The highest BCUT2D eigenvalue weighted by Crippen LogP contribution is 2.25. The summed E-state index contributed by atoms with van der Waals surface area (Å²) >= 11 is 0. The SMILES string of the molecule is N#CC(C#N)=NNc1ccc2nc(-c3cccc(O)c3)[nH]c2c1. The van der Waals surface area contributed by atoms with Gasteiger partial charge in [-0.15, -0.1) is 0 Å². The molecule has 0 bridgehead atoms. The van der Waals surface area contributed by atoms with Gasteiger partial charge in [0.15, 0.2) is 0 Å². The first-order valence-electron chi connectivity index (χ1n) is 6.62. The number of hydrogen-bond acceptors (Lipinski definition) is 6. The Labute approximate surface area is 131 Å². The van der Waals surface area contributed by atoms with Crippen LogP contribution in [0.1, 0.15) is 0 Å². The molecule has 0 aliphatic rings. The fourth-order valence-corrected chi connectivity index (χ4v) is 2.06. The number of nitriles is 2. The van der Waals surface area contributed by atoms with Gasteiger partial charge in [0.1, 0.15) is 23.7 Å². The predicted octanol–water partition coefficient (Wildman–Crippen LogP) is 2.75. The molecular formula is C16H10N6O. The van der Waals surface area contributed by atoms with Gasteiger partial charge in [-0.3, -0.25) is 5.43 Å². The first kappa shape index (κ1) is 14.1. The number of hydrazone groups is 1. The van der Waals surface area contributed by atoms with E-state index in [0.717, 1.165) is 16.6 Å². The van der Waals surface area contributed by atoms with Gasteiger partial charge in [0, 0.05) is 5.56 Å². The average Bonchev–Trinajstić information content (AvgIpc) is 2.99. The van der Waals surface area contributed by atoms with Gasteiger partial charge >= 0.3 is 0 Å². The minimum absolute atomic E-state index is 0.167. The molecule has 0 spiro atoms. The lowest BCUT2D eigenvalue weighted by Crippen LogP contribution is -1.96. The molecule has 110 valence electrons. The number of hydrogen-bond donors (Lipinski definition) is 3. The third-order valence-corrected chi connectivity index (χ3v) is 3.11. The van der Waals surface area contributed by atoms with E-state index in [0.29, 0.717) is 11.5 Å². The van der Waals surface area contributed by atoms with Crippen LogP contribution >= 0.6 is 0 Å². The van der Waals surface area contributed by atoms with E-state index in [2.05, 4.69) is 20.5 Å². The van der Waals surface area contributed by atoms with Crippen LogP contribution in [0.15, 0.2) is 47.6 Å². The predicted molar refractivity (Wildman–Crippen MR) is 85.5 cm³/mol. The Morgan fingerprint density at radius 2 is 2.00 bits per heavy atom. The maximum Gasteiger partial charge on any atom is 0.237 e. The zero-order valence-electron chi connectivity index (χ0n) is 11.8. The first-order chi connectivity index (χ1) is 11.2. The van der Waals surface area contributed by atoms with Crippen molar-refractivity contribution in [2.45, 2.75) is 0 Å². The highest BCUT2D eigenvalue weighted by molar-refractivity contribution is 6.10. The maximum atomic E-state index is 9.54. The minimum Gasteiger partial charge on any atom is -0.508 e. The summed E-state index contributed by atoms with van der Waals surface area (Å²) in [5.74, 6) is 0.798. The number of fused-ring (bicyclic) bond motifs is 1. The summed E-state index contributed by atoms with van der Waals surface area (Å²) in [5, 5.41) is 30.5. The summed E-state index contributed by atoms with van der Waals surface area (Å²) < 4.78 is 0. The van der Waals surface area contributed by atoms with Crippen molar-refractivity contribution >= 4 is 22.4 Å². The van der Waals surface area contributed by atoms with Crippen molar-refractivity contribution < 1.29 is 5.11 Å². The van der Waals surface area contributed by atoms with Crippen molar-refractivity contribution in [2.24, 2.45) is 5.10 Å². The smallest absolute Gasteiger partial charge is 0.237 e. The second kappa shape index (κ2) is 5.88. The van der Waals surface area contributed by atoms with Crippen molar-refractivity contribution in [3.8, 4) is 29.3 Å². The number of nitrogens with one attached hydrogen (secondary N) is 2. The van der Waals surface area contributed by atoms with Gasteiger partial charge in [-0.1, -0.05) is 12.1 Å². The van der Waals surface area contributed by atoms with E-state index in [1.165, 1.54) is 0 Å². The number of aromatic nitrogens is 2. The van der Waals surface area contributed by atoms with Crippen LogP contribution in [0.5, 0.6) is 5.75 Å². The molecule has 0 saturated heterocycles. The zero-order chi connectivity index (χ0) is 16.2. The molecule has 0 saturated carbocycles. The minimum atomic E-state index is -0.254. The first-order valence-corrected chi connectivity index (χ1v) is 6.62. The normalized spacial score (nSPS) is 9.83. The van der Waals surface area contributed by atoms with Gasteiger partial charge in [-0.2, -0.15) is 15.6 Å². The van der Waals surface area contributed by atoms with Gasteiger partial charge in [-0.05, 0) is 30.3 Å². The third kappa shape index (κ3) is 2.94. The number of phenolic OH excluding ortho intramolecular Hbond substituents is 1. The largest absolute Gasteiger partial charge is 0.508 e. The van der Waals surface area contributed by atoms with E-state index in [9.17, 15) is 5.11 Å². The second-order valence-corrected chi connectivity index (χ2v) is 4.66. The third-order valence-electron chi connectivity index (χ3n) is 3.11. The number of aromatic hydroxyl groups is 1. The molecule has 3 rings (SSSR count). The molecule has 0 aliphatic carbocycles. The number of rotatable bonds is 3. The van der Waals surface area contributed by atoms with Gasteiger partial charge in [-0.25, -0.2) is 4.98 Å². The summed E-state index contributed by atoms with van der Waals surface area (Å²) in [7, 11) is 0. The standard InChI is InChI=1S/C16H10N6O/c17-8-12(9-18)22-21-11-4-5-14-15(7-11)20-16(19-14)10-2-1-3-13(23)6-10/h1-7,21,23H,(H,19,20). The summed E-state index contributed by atoms with van der Waals surface area (Å²) in [5.41, 5.74) is 5.30. The number of imidazole rings is 1. The quantitative estimate of drug-likeness (QED) is 0.507. The van der Waals surface area contributed by atoms with Gasteiger partial charge in [0.25, 0.3) is 0 Å². The van der Waals surface area contributed by atoms with Crippen molar-refractivity contribution in [2.75, 3.05) is 5.43 Å². The molecule has 3 N–H and O–H groups in total. The molecule has 0 unspecified atom stereocenters. The van der Waals surface area contributed by atoms with Crippen LogP contribution < -0.4 is 5.43 Å². The van der Waals surface area contributed by atoms with Crippen molar-refractivity contribution in [1.82, 2.24) is 9.97 Å². The van der Waals surface area contributed by atoms with Crippen LogP contribution in [-0.4, -0.2) is 20.8 Å². The van der Waals surface area contributed by atoms with E-state index in [1.807, 2.05) is 6.07 Å². The number of H-pyrrole nitrogens is 1. The number of aromatic amines is 1. The Morgan fingerprint density at radius 1 is 1.17 bits per heavy atom. The molecule has 1 aromatic heterocycles. The molecule has 0 amide bonds. The average molecular weight is 302 g/mol. The van der Waals surface area contributed by atoms with Gasteiger partial charge in [0.2, 0.25) is 5.71 Å². The molecule has 7 nitrogen and oxygen atoms in total. The lowest BCUT2D eigenvalue weighted by Gasteiger charge is -1.98. The molecule has 7 heteroatoms. The maximum absolute atomic E-state index is 9.54. The molecule has 2 aromatic carbocycles. The van der Waals surface area contributed by atoms with Crippen molar-refractivity contribution in [3.63, 3.8) is 0 Å². The number of phenols is 1. The fourth-order valence-electron chi connectivity index (χ4n) is 2.06. The zero-order valence-corrected chi connectivity index (χ0v) is 11.8. The van der Waals surface area contributed by atoms with Crippen LogP contribution in [0.3, 0.4) is 0 Å². The second-order valence-electron chi connectivity index (χ2n) is 4.66. The van der Waals surface area contributed by atoms with Crippen LogP contribution in [0.2, 0.25) is 0 Å². The lowest BCUT2D eigenvalue weighted by molar-refractivity contribution is 0.475. The summed E-state index contributed by atoms with van der Waals surface area (Å²) in [4.78, 5) is 7.61. The van der Waals surface area contributed by atoms with Gasteiger partial charge < -0.3 is 10.1 Å². The molecule has 1 heterocycles. The molecule has 0 fully saturated rings. The van der Waals surface area contributed by atoms with E-state index >= 15 is 0 Å².